The lowest BCUT2D eigenvalue weighted by atomic mass is 10.2. The number of benzene rings is 1. The number of nitrogens with two attached hydrogens (primary N) is 1. The van der Waals surface area contributed by atoms with E-state index >= 15 is 0 Å². The number of hydrogen-bond acceptors (Lipinski definition) is 5. The van der Waals surface area contributed by atoms with Gasteiger partial charge in [-0.1, -0.05) is 18.2 Å². The number of fused-ring (bicyclic) bond motifs is 1. The Labute approximate surface area is 159 Å². The van der Waals surface area contributed by atoms with E-state index in [1.165, 1.54) is 11.3 Å². The van der Waals surface area contributed by atoms with E-state index in [-0.39, 0.29) is 0 Å². The van der Waals surface area contributed by atoms with Gasteiger partial charge in [0.15, 0.2) is 0 Å². The average Bonchev–Trinajstić information content (AvgIpc) is 3.30. The van der Waals surface area contributed by atoms with Crippen molar-refractivity contribution in [1.29, 1.82) is 0 Å². The number of aromatic nitrogens is 2. The van der Waals surface area contributed by atoms with Crippen molar-refractivity contribution in [2.75, 3.05) is 7.11 Å². The number of primary amides is 1. The smallest absolute Gasteiger partial charge is 0.262 e. The fraction of sp³-hybridized carbons (Fsp3) is 0.100. The molecule has 6 nitrogen and oxygen atoms in total. The highest BCUT2D eigenvalue weighted by Crippen LogP contribution is 2.36. The van der Waals surface area contributed by atoms with Crippen LogP contribution >= 0.6 is 11.3 Å². The number of pyridine rings is 1. The molecule has 0 aliphatic carbocycles. The van der Waals surface area contributed by atoms with Gasteiger partial charge in [0, 0.05) is 12.3 Å². The lowest BCUT2D eigenvalue weighted by Gasteiger charge is -2.07. The zero-order chi connectivity index (χ0) is 18.8. The SMILES string of the molecule is COc1cccc(COc2cc(-c3cnc4ccccn34)sc2C(N)=O)c1. The second-order valence-electron chi connectivity index (χ2n) is 5.88. The summed E-state index contributed by atoms with van der Waals surface area (Å²) in [4.78, 5) is 17.5. The number of ether oxygens (including phenoxy) is 2. The number of carbonyl (C=O) groups excluding carboxylic acids is 1. The van der Waals surface area contributed by atoms with Gasteiger partial charge in [-0.2, -0.15) is 0 Å². The monoisotopic (exact) mass is 379 g/mol. The molecule has 0 aliphatic heterocycles. The van der Waals surface area contributed by atoms with Gasteiger partial charge in [-0.3, -0.25) is 9.20 Å². The summed E-state index contributed by atoms with van der Waals surface area (Å²) in [7, 11) is 1.62. The molecule has 3 heterocycles. The summed E-state index contributed by atoms with van der Waals surface area (Å²) < 4.78 is 13.1. The predicted octanol–water partition coefficient (Wildman–Crippen LogP) is 3.75. The molecule has 7 heteroatoms. The van der Waals surface area contributed by atoms with E-state index in [1.54, 1.807) is 13.3 Å². The van der Waals surface area contributed by atoms with E-state index in [1.807, 2.05) is 59.1 Å². The average molecular weight is 379 g/mol. The minimum Gasteiger partial charge on any atom is -0.497 e. The van der Waals surface area contributed by atoms with E-state index in [0.29, 0.717) is 17.2 Å². The summed E-state index contributed by atoms with van der Waals surface area (Å²) in [6.07, 6.45) is 3.70. The summed E-state index contributed by atoms with van der Waals surface area (Å²) in [6, 6.07) is 15.2. The predicted molar refractivity (Wildman–Crippen MR) is 104 cm³/mol. The Morgan fingerprint density at radius 3 is 2.93 bits per heavy atom. The van der Waals surface area contributed by atoms with E-state index < -0.39 is 5.91 Å². The van der Waals surface area contributed by atoms with Crippen LogP contribution in [-0.2, 0) is 6.61 Å². The Hall–Kier alpha value is -3.32. The quantitative estimate of drug-likeness (QED) is 0.553. The van der Waals surface area contributed by atoms with E-state index in [0.717, 1.165) is 27.5 Å². The number of imidazole rings is 1. The molecule has 136 valence electrons. The Kier molecular flexibility index (Phi) is 4.52. The summed E-state index contributed by atoms with van der Waals surface area (Å²) in [5, 5.41) is 0. The first-order valence-electron chi connectivity index (χ1n) is 8.27. The molecule has 0 spiro atoms. The van der Waals surface area contributed by atoms with Crippen molar-refractivity contribution in [2.24, 2.45) is 5.73 Å². The van der Waals surface area contributed by atoms with Crippen molar-refractivity contribution in [3.8, 4) is 22.1 Å². The minimum atomic E-state index is -0.513. The molecule has 0 saturated heterocycles. The molecule has 4 rings (SSSR count). The molecule has 27 heavy (non-hydrogen) atoms. The molecule has 0 radical (unpaired) electrons. The summed E-state index contributed by atoms with van der Waals surface area (Å²) in [5.41, 5.74) is 8.21. The van der Waals surface area contributed by atoms with Crippen molar-refractivity contribution in [1.82, 2.24) is 9.38 Å². The van der Waals surface area contributed by atoms with Crippen molar-refractivity contribution < 1.29 is 14.3 Å². The van der Waals surface area contributed by atoms with Gasteiger partial charge in [-0.15, -0.1) is 11.3 Å². The van der Waals surface area contributed by atoms with Gasteiger partial charge in [0.25, 0.3) is 5.91 Å². The minimum absolute atomic E-state index is 0.306. The Morgan fingerprint density at radius 1 is 1.22 bits per heavy atom. The fourth-order valence-corrected chi connectivity index (χ4v) is 3.78. The lowest BCUT2D eigenvalue weighted by Crippen LogP contribution is -2.10. The molecule has 1 aromatic carbocycles. The van der Waals surface area contributed by atoms with Crippen LogP contribution in [0.2, 0.25) is 0 Å². The molecule has 0 aliphatic rings. The molecular weight excluding hydrogens is 362 g/mol. The molecule has 0 atom stereocenters. The van der Waals surface area contributed by atoms with Crippen molar-refractivity contribution >= 4 is 22.9 Å². The van der Waals surface area contributed by atoms with Gasteiger partial charge in [0.05, 0.1) is 23.9 Å². The van der Waals surface area contributed by atoms with E-state index in [9.17, 15) is 4.79 Å². The van der Waals surface area contributed by atoms with Gasteiger partial charge in [-0.05, 0) is 29.8 Å². The Morgan fingerprint density at radius 2 is 2.11 bits per heavy atom. The molecule has 1 amide bonds. The van der Waals surface area contributed by atoms with Gasteiger partial charge in [0.2, 0.25) is 0 Å². The summed E-state index contributed by atoms with van der Waals surface area (Å²) in [5.74, 6) is 0.708. The van der Waals surface area contributed by atoms with Crippen LogP contribution in [0.1, 0.15) is 15.2 Å². The Balaban J connectivity index is 1.65. The number of rotatable bonds is 6. The van der Waals surface area contributed by atoms with Gasteiger partial charge in [0.1, 0.15) is 28.6 Å². The van der Waals surface area contributed by atoms with Crippen molar-refractivity contribution in [2.45, 2.75) is 6.61 Å². The molecular formula is C20H17N3O3S. The van der Waals surface area contributed by atoms with Crippen LogP contribution in [0.5, 0.6) is 11.5 Å². The van der Waals surface area contributed by atoms with E-state index in [2.05, 4.69) is 4.98 Å². The third kappa shape index (κ3) is 3.37. The standard InChI is InChI=1S/C20H17N3O3S/c1-25-14-6-4-5-13(9-14)12-26-16-10-17(27-19(16)20(21)24)15-11-22-18-7-2-3-8-23(15)18/h2-11H,12H2,1H3,(H2,21,24). The topological polar surface area (TPSA) is 78.8 Å². The molecule has 0 saturated carbocycles. The van der Waals surface area contributed by atoms with Crippen LogP contribution in [0.25, 0.3) is 16.2 Å². The third-order valence-electron chi connectivity index (χ3n) is 4.12. The van der Waals surface area contributed by atoms with E-state index in [4.69, 9.17) is 15.2 Å². The second-order valence-corrected chi connectivity index (χ2v) is 6.93. The van der Waals surface area contributed by atoms with Crippen LogP contribution < -0.4 is 15.2 Å². The molecule has 0 fully saturated rings. The zero-order valence-electron chi connectivity index (χ0n) is 14.6. The number of hydrogen-bond donors (Lipinski definition) is 1. The highest BCUT2D eigenvalue weighted by atomic mass is 32.1. The molecule has 4 aromatic rings. The van der Waals surface area contributed by atoms with Crippen molar-refractivity contribution in [3.05, 3.63) is 71.4 Å². The zero-order valence-corrected chi connectivity index (χ0v) is 15.4. The van der Waals surface area contributed by atoms with Crippen LogP contribution in [0.4, 0.5) is 0 Å². The first-order chi connectivity index (χ1) is 13.2. The second kappa shape index (κ2) is 7.13. The molecule has 2 N–H and O–H groups in total. The summed E-state index contributed by atoms with van der Waals surface area (Å²) in [6.45, 7) is 0.306. The van der Waals surface area contributed by atoms with Crippen LogP contribution in [0.15, 0.2) is 60.9 Å². The third-order valence-corrected chi connectivity index (χ3v) is 5.27. The number of nitrogens with zero attached hydrogens (tertiary/aromatic N) is 2. The molecule has 3 aromatic heterocycles. The lowest BCUT2D eigenvalue weighted by molar-refractivity contribution is 0.1000. The highest BCUT2D eigenvalue weighted by molar-refractivity contribution is 7.17. The number of thiophene rings is 1. The molecule has 0 unspecified atom stereocenters. The van der Waals surface area contributed by atoms with Gasteiger partial charge in [-0.25, -0.2) is 4.98 Å². The van der Waals surface area contributed by atoms with Crippen LogP contribution in [0, 0.1) is 0 Å². The summed E-state index contributed by atoms with van der Waals surface area (Å²) >= 11 is 1.30. The fourth-order valence-electron chi connectivity index (χ4n) is 2.82. The van der Waals surface area contributed by atoms with Crippen LogP contribution in [0.3, 0.4) is 0 Å². The maximum Gasteiger partial charge on any atom is 0.262 e. The largest absolute Gasteiger partial charge is 0.497 e. The normalized spacial score (nSPS) is 10.9. The maximum atomic E-state index is 11.9. The maximum absolute atomic E-state index is 11.9. The highest BCUT2D eigenvalue weighted by Gasteiger charge is 2.18. The first kappa shape index (κ1) is 17.1. The molecule has 0 bridgehead atoms. The first-order valence-corrected chi connectivity index (χ1v) is 9.09. The van der Waals surface area contributed by atoms with Gasteiger partial charge < -0.3 is 15.2 Å². The number of amides is 1. The van der Waals surface area contributed by atoms with Crippen molar-refractivity contribution in [3.63, 3.8) is 0 Å². The number of carbonyl (C=O) groups is 1. The Bertz CT molecular complexity index is 1120. The van der Waals surface area contributed by atoms with Crippen LogP contribution in [-0.4, -0.2) is 22.4 Å². The van der Waals surface area contributed by atoms with Gasteiger partial charge >= 0.3 is 0 Å². The number of methoxy groups -OCH3 is 1.